The number of rotatable bonds is 5. The first-order valence-electron chi connectivity index (χ1n) is 5.21. The van der Waals surface area contributed by atoms with E-state index >= 15 is 0 Å². The molecule has 5 heteroatoms. The number of benzene rings is 1. The Morgan fingerprint density at radius 1 is 1.38 bits per heavy atom. The molecule has 0 saturated heterocycles. The number of hydrogen-bond acceptors (Lipinski definition) is 2. The van der Waals surface area contributed by atoms with E-state index in [0.29, 0.717) is 12.1 Å². The van der Waals surface area contributed by atoms with Crippen LogP contribution in [0.25, 0.3) is 0 Å². The molecule has 0 bridgehead atoms. The van der Waals surface area contributed by atoms with Crippen LogP contribution in [0.1, 0.15) is 25.3 Å². The van der Waals surface area contributed by atoms with E-state index in [4.69, 9.17) is 0 Å². The minimum Gasteiger partial charge on any atom is -0.282 e. The molecule has 16 heavy (non-hydrogen) atoms. The molecule has 1 rings (SSSR count). The maximum Gasteiger partial charge on any atom is 0.232 e. The number of unbranched alkanes of at least 4 members (excludes halogenated alkanes) is 1. The number of halogens is 1. The topological polar surface area (TPSA) is 46.2 Å². The second kappa shape index (κ2) is 5.68. The van der Waals surface area contributed by atoms with E-state index in [1.807, 2.05) is 26.0 Å². The summed E-state index contributed by atoms with van der Waals surface area (Å²) in [4.78, 5) is 0. The summed E-state index contributed by atoms with van der Waals surface area (Å²) < 4.78 is 26.7. The van der Waals surface area contributed by atoms with Crippen molar-refractivity contribution in [2.24, 2.45) is 0 Å². The molecule has 0 atom stereocenters. The Morgan fingerprint density at radius 3 is 2.62 bits per heavy atom. The van der Waals surface area contributed by atoms with Gasteiger partial charge >= 0.3 is 0 Å². The lowest BCUT2D eigenvalue weighted by molar-refractivity contribution is 0.598. The van der Waals surface area contributed by atoms with Crippen LogP contribution in [0.2, 0.25) is 0 Å². The molecule has 0 spiro atoms. The van der Waals surface area contributed by atoms with Crippen molar-refractivity contribution >= 4 is 31.6 Å². The lowest BCUT2D eigenvalue weighted by Gasteiger charge is -2.09. The van der Waals surface area contributed by atoms with Crippen LogP contribution < -0.4 is 4.72 Å². The van der Waals surface area contributed by atoms with Crippen LogP contribution in [0, 0.1) is 6.92 Å². The van der Waals surface area contributed by atoms with Gasteiger partial charge in [-0.1, -0.05) is 19.4 Å². The molecule has 0 saturated carbocycles. The minimum absolute atomic E-state index is 0.170. The quantitative estimate of drug-likeness (QED) is 0.907. The van der Waals surface area contributed by atoms with Crippen molar-refractivity contribution in [3.05, 3.63) is 28.2 Å². The molecule has 0 amide bonds. The molecule has 0 aliphatic carbocycles. The van der Waals surface area contributed by atoms with Gasteiger partial charge in [0.15, 0.2) is 0 Å². The van der Waals surface area contributed by atoms with Crippen LogP contribution in [0.5, 0.6) is 0 Å². The van der Waals surface area contributed by atoms with Gasteiger partial charge in [-0.25, -0.2) is 8.42 Å². The van der Waals surface area contributed by atoms with Crippen LogP contribution in [-0.4, -0.2) is 14.2 Å². The Balaban J connectivity index is 2.80. The molecule has 0 radical (unpaired) electrons. The zero-order valence-electron chi connectivity index (χ0n) is 9.46. The van der Waals surface area contributed by atoms with Crippen molar-refractivity contribution < 1.29 is 8.42 Å². The van der Waals surface area contributed by atoms with Gasteiger partial charge in [-0.2, -0.15) is 0 Å². The van der Waals surface area contributed by atoms with Gasteiger partial charge < -0.3 is 0 Å². The van der Waals surface area contributed by atoms with Crippen molar-refractivity contribution in [2.45, 2.75) is 26.7 Å². The average molecular weight is 306 g/mol. The van der Waals surface area contributed by atoms with Gasteiger partial charge in [-0.15, -0.1) is 0 Å². The zero-order valence-corrected chi connectivity index (χ0v) is 11.9. The lowest BCUT2D eigenvalue weighted by atomic mass is 10.2. The van der Waals surface area contributed by atoms with Crippen LogP contribution in [0.15, 0.2) is 22.7 Å². The van der Waals surface area contributed by atoms with Crippen molar-refractivity contribution in [2.75, 3.05) is 10.5 Å². The highest BCUT2D eigenvalue weighted by atomic mass is 79.9. The molecule has 0 unspecified atom stereocenters. The highest BCUT2D eigenvalue weighted by molar-refractivity contribution is 9.10. The number of aryl methyl sites for hydroxylation is 1. The van der Waals surface area contributed by atoms with E-state index in [2.05, 4.69) is 20.7 Å². The first-order chi connectivity index (χ1) is 7.44. The summed E-state index contributed by atoms with van der Waals surface area (Å²) in [5.74, 6) is 0.170. The summed E-state index contributed by atoms with van der Waals surface area (Å²) in [6.45, 7) is 3.93. The van der Waals surface area contributed by atoms with Gasteiger partial charge in [0, 0.05) is 4.47 Å². The molecule has 3 nitrogen and oxygen atoms in total. The van der Waals surface area contributed by atoms with Crippen molar-refractivity contribution in [1.29, 1.82) is 0 Å². The van der Waals surface area contributed by atoms with Crippen LogP contribution >= 0.6 is 15.9 Å². The third-order valence-corrected chi connectivity index (χ3v) is 4.17. The molecular weight excluding hydrogens is 290 g/mol. The van der Waals surface area contributed by atoms with Gasteiger partial charge in [-0.05, 0) is 47.0 Å². The van der Waals surface area contributed by atoms with Crippen LogP contribution in [-0.2, 0) is 10.0 Å². The Kier molecular flexibility index (Phi) is 4.80. The van der Waals surface area contributed by atoms with E-state index in [1.54, 1.807) is 6.07 Å². The molecule has 1 aromatic carbocycles. The highest BCUT2D eigenvalue weighted by Gasteiger charge is 2.11. The number of sulfonamides is 1. The fraction of sp³-hybridized carbons (Fsp3) is 0.455. The van der Waals surface area contributed by atoms with E-state index < -0.39 is 10.0 Å². The third kappa shape index (κ3) is 4.14. The molecule has 0 aliphatic rings. The predicted octanol–water partition coefficient (Wildman–Crippen LogP) is 3.30. The van der Waals surface area contributed by atoms with E-state index in [0.717, 1.165) is 16.5 Å². The maximum atomic E-state index is 11.7. The third-order valence-electron chi connectivity index (χ3n) is 2.16. The summed E-state index contributed by atoms with van der Waals surface area (Å²) in [5, 5.41) is 0. The van der Waals surface area contributed by atoms with Gasteiger partial charge in [0.25, 0.3) is 0 Å². The number of nitrogens with one attached hydrogen (secondary N) is 1. The normalized spacial score (nSPS) is 11.4. The summed E-state index contributed by atoms with van der Waals surface area (Å²) in [6, 6.07) is 5.53. The lowest BCUT2D eigenvalue weighted by Crippen LogP contribution is -2.16. The van der Waals surface area contributed by atoms with Crippen LogP contribution in [0.3, 0.4) is 0 Å². The maximum absolute atomic E-state index is 11.7. The highest BCUT2D eigenvalue weighted by Crippen LogP contribution is 2.24. The van der Waals surface area contributed by atoms with E-state index in [1.165, 1.54) is 0 Å². The molecular formula is C11H16BrNO2S. The van der Waals surface area contributed by atoms with Gasteiger partial charge in [0.2, 0.25) is 10.0 Å². The van der Waals surface area contributed by atoms with E-state index in [-0.39, 0.29) is 5.75 Å². The van der Waals surface area contributed by atoms with Gasteiger partial charge in [0.1, 0.15) is 0 Å². The summed E-state index contributed by atoms with van der Waals surface area (Å²) in [5.41, 5.74) is 1.69. The molecule has 1 N–H and O–H groups in total. The summed E-state index contributed by atoms with van der Waals surface area (Å²) >= 11 is 3.34. The minimum atomic E-state index is -3.21. The predicted molar refractivity (Wildman–Crippen MR) is 71.2 cm³/mol. The van der Waals surface area contributed by atoms with Gasteiger partial charge in [0.05, 0.1) is 11.4 Å². The largest absolute Gasteiger partial charge is 0.282 e. The number of hydrogen-bond donors (Lipinski definition) is 1. The zero-order chi connectivity index (χ0) is 12.2. The average Bonchev–Trinajstić information content (AvgIpc) is 2.19. The first kappa shape index (κ1) is 13.5. The molecule has 0 heterocycles. The Hall–Kier alpha value is -0.550. The van der Waals surface area contributed by atoms with Crippen molar-refractivity contribution in [1.82, 2.24) is 0 Å². The van der Waals surface area contributed by atoms with Gasteiger partial charge in [-0.3, -0.25) is 4.72 Å². The Bertz CT molecular complexity index is 457. The molecule has 1 aromatic rings. The standard InChI is InChI=1S/C11H16BrNO2S/c1-3-4-7-16(14,15)13-11-6-5-9(2)8-10(11)12/h5-6,8,13H,3-4,7H2,1-2H3. The molecule has 90 valence electrons. The SMILES string of the molecule is CCCCS(=O)(=O)Nc1ccc(C)cc1Br. The fourth-order valence-electron chi connectivity index (χ4n) is 1.26. The Morgan fingerprint density at radius 2 is 2.06 bits per heavy atom. The molecule has 0 aliphatic heterocycles. The van der Waals surface area contributed by atoms with Crippen LogP contribution in [0.4, 0.5) is 5.69 Å². The first-order valence-corrected chi connectivity index (χ1v) is 7.66. The van der Waals surface area contributed by atoms with Crippen molar-refractivity contribution in [3.8, 4) is 0 Å². The molecule has 0 fully saturated rings. The van der Waals surface area contributed by atoms with Crippen molar-refractivity contribution in [3.63, 3.8) is 0 Å². The summed E-state index contributed by atoms with van der Waals surface area (Å²) in [7, 11) is -3.21. The smallest absolute Gasteiger partial charge is 0.232 e. The fourth-order valence-corrected chi connectivity index (χ4v) is 3.26. The van der Waals surface area contributed by atoms with E-state index in [9.17, 15) is 8.42 Å². The monoisotopic (exact) mass is 305 g/mol. The summed E-state index contributed by atoms with van der Waals surface area (Å²) in [6.07, 6.45) is 1.55. The second-order valence-corrected chi connectivity index (χ2v) is 6.45. The Labute approximate surface area is 105 Å². The number of anilines is 1. The second-order valence-electron chi connectivity index (χ2n) is 3.76. The molecule has 0 aromatic heterocycles.